The lowest BCUT2D eigenvalue weighted by molar-refractivity contribution is -0.123. The van der Waals surface area contributed by atoms with Gasteiger partial charge in [0.05, 0.1) is 25.4 Å². The molecule has 0 unspecified atom stereocenters. The molecule has 0 aromatic heterocycles. The highest BCUT2D eigenvalue weighted by atomic mass is 79.9. The minimum Gasteiger partial charge on any atom is -0.490 e. The van der Waals surface area contributed by atoms with Crippen molar-refractivity contribution in [2.45, 2.75) is 6.92 Å². The van der Waals surface area contributed by atoms with Crippen molar-refractivity contribution >= 4 is 84.0 Å². The highest BCUT2D eigenvalue weighted by molar-refractivity contribution is 9.11. The van der Waals surface area contributed by atoms with E-state index in [-0.39, 0.29) is 35.8 Å². The summed E-state index contributed by atoms with van der Waals surface area (Å²) < 4.78 is 12.5. The van der Waals surface area contributed by atoms with Gasteiger partial charge in [-0.25, -0.2) is 0 Å². The molecule has 38 heavy (non-hydrogen) atoms. The second kappa shape index (κ2) is 12.8. The van der Waals surface area contributed by atoms with E-state index in [4.69, 9.17) is 21.1 Å². The molecule has 1 fully saturated rings. The second-order valence-corrected chi connectivity index (χ2v) is 11.2. The van der Waals surface area contributed by atoms with Crippen molar-refractivity contribution < 1.29 is 23.9 Å². The van der Waals surface area contributed by atoms with Gasteiger partial charge >= 0.3 is 0 Å². The van der Waals surface area contributed by atoms with E-state index in [9.17, 15) is 14.4 Å². The number of thioether (sulfide) groups is 1. The van der Waals surface area contributed by atoms with Crippen LogP contribution in [-0.2, 0) is 9.59 Å². The van der Waals surface area contributed by atoms with Crippen LogP contribution in [0.25, 0.3) is 6.08 Å². The molecule has 1 N–H and O–H groups in total. The molecule has 1 saturated heterocycles. The van der Waals surface area contributed by atoms with Crippen molar-refractivity contribution in [2.75, 3.05) is 25.1 Å². The normalized spacial score (nSPS) is 14.2. The maximum atomic E-state index is 12.9. The third-order valence-electron chi connectivity index (χ3n) is 5.25. The van der Waals surface area contributed by atoms with Crippen molar-refractivity contribution in [3.63, 3.8) is 0 Å². The number of nitrogens with zero attached hydrogens (tertiary/aromatic N) is 1. The fourth-order valence-corrected chi connectivity index (χ4v) is 6.02. The van der Waals surface area contributed by atoms with Crippen LogP contribution in [0.5, 0.6) is 11.5 Å². The molecule has 0 bridgehead atoms. The van der Waals surface area contributed by atoms with Crippen LogP contribution in [0.4, 0.5) is 10.5 Å². The number of imide groups is 1. The maximum absolute atomic E-state index is 12.9. The van der Waals surface area contributed by atoms with Gasteiger partial charge in [-0.2, -0.15) is 0 Å². The number of rotatable bonds is 9. The van der Waals surface area contributed by atoms with Gasteiger partial charge in [0, 0.05) is 5.69 Å². The topological polar surface area (TPSA) is 84.9 Å². The fourth-order valence-electron chi connectivity index (χ4n) is 3.51. The number of ether oxygens (including phenoxy) is 2. The van der Waals surface area contributed by atoms with Crippen molar-refractivity contribution in [2.24, 2.45) is 0 Å². The van der Waals surface area contributed by atoms with Crippen LogP contribution < -0.4 is 14.8 Å². The van der Waals surface area contributed by atoms with Crippen molar-refractivity contribution in [1.82, 2.24) is 4.90 Å². The Morgan fingerprint density at radius 2 is 1.79 bits per heavy atom. The first-order valence-corrected chi connectivity index (χ1v) is 14.1. The third-order valence-corrected chi connectivity index (χ3v) is 7.65. The van der Waals surface area contributed by atoms with E-state index in [1.165, 1.54) is 0 Å². The van der Waals surface area contributed by atoms with E-state index in [1.54, 1.807) is 48.5 Å². The maximum Gasteiger partial charge on any atom is 0.293 e. The van der Waals surface area contributed by atoms with E-state index >= 15 is 0 Å². The summed E-state index contributed by atoms with van der Waals surface area (Å²) in [7, 11) is 0. The van der Waals surface area contributed by atoms with Gasteiger partial charge in [0.25, 0.3) is 17.1 Å². The smallest absolute Gasteiger partial charge is 0.293 e. The highest BCUT2D eigenvalue weighted by Crippen LogP contribution is 2.38. The van der Waals surface area contributed by atoms with Gasteiger partial charge < -0.3 is 14.8 Å². The predicted molar refractivity (Wildman–Crippen MR) is 157 cm³/mol. The molecule has 11 heteroatoms. The summed E-state index contributed by atoms with van der Waals surface area (Å²) in [6, 6.07) is 18.0. The zero-order valence-electron chi connectivity index (χ0n) is 20.0. The lowest BCUT2D eigenvalue weighted by Crippen LogP contribution is -2.32. The minimum atomic E-state index is -0.400. The number of benzene rings is 3. The predicted octanol–water partition coefficient (Wildman–Crippen LogP) is 7.31. The van der Waals surface area contributed by atoms with Gasteiger partial charge in [0.1, 0.15) is 18.1 Å². The molecule has 1 aliphatic rings. The molecule has 4 rings (SSSR count). The summed E-state index contributed by atoms with van der Waals surface area (Å²) in [5.41, 5.74) is 2.39. The van der Waals surface area contributed by atoms with E-state index in [2.05, 4.69) is 37.2 Å². The number of carbonyl (C=O) groups is 3. The minimum absolute atomic E-state index is 0.0952. The van der Waals surface area contributed by atoms with Gasteiger partial charge in [-0.3, -0.25) is 19.3 Å². The van der Waals surface area contributed by atoms with Gasteiger partial charge in [-0.05, 0) is 104 Å². The summed E-state index contributed by atoms with van der Waals surface area (Å²) in [4.78, 5) is 39.1. The molecule has 196 valence electrons. The molecule has 3 aromatic rings. The van der Waals surface area contributed by atoms with Gasteiger partial charge in [0.15, 0.2) is 6.61 Å². The molecular formula is C27H21Br2ClN2O5S. The Hall–Kier alpha value is -2.79. The lowest BCUT2D eigenvalue weighted by atomic mass is 10.2. The first kappa shape index (κ1) is 28.2. The number of carbonyl (C=O) groups excluding carboxylic acids is 3. The fraction of sp³-hybridized carbons (Fsp3) is 0.148. The standard InChI is InChI=1S/C27H21Br2ClN2O5S/c1-16-5-4-6-18(11-16)31-24(33)15-37-25-19(28)12-17(13-20(25)29)14-23-26(34)32(27(35)38-23)9-10-36-22-8-3-2-7-21(22)30/h2-8,11-14H,9-10,15H2,1H3,(H,31,33)/b23-14-. The van der Waals surface area contributed by atoms with Crippen molar-refractivity contribution in [3.8, 4) is 11.5 Å². The van der Waals surface area contributed by atoms with Crippen LogP contribution >= 0.6 is 55.2 Å². The lowest BCUT2D eigenvalue weighted by Gasteiger charge is -2.14. The van der Waals surface area contributed by atoms with E-state index < -0.39 is 5.91 Å². The molecule has 7 nitrogen and oxygen atoms in total. The number of halogens is 3. The number of anilines is 1. The van der Waals surface area contributed by atoms with E-state index in [0.717, 1.165) is 22.2 Å². The zero-order chi connectivity index (χ0) is 27.2. The van der Waals surface area contributed by atoms with E-state index in [0.29, 0.717) is 36.7 Å². The van der Waals surface area contributed by atoms with E-state index in [1.807, 2.05) is 25.1 Å². The average Bonchev–Trinajstić information content (AvgIpc) is 3.12. The number of nitrogens with one attached hydrogen (secondary N) is 1. The summed E-state index contributed by atoms with van der Waals surface area (Å²) >= 11 is 13.9. The highest BCUT2D eigenvalue weighted by Gasteiger charge is 2.35. The molecule has 1 aliphatic heterocycles. The molecular weight excluding hydrogens is 660 g/mol. The number of hydrogen-bond donors (Lipinski definition) is 1. The quantitative estimate of drug-likeness (QED) is 0.239. The molecule has 0 radical (unpaired) electrons. The van der Waals surface area contributed by atoms with Crippen LogP contribution in [0.15, 0.2) is 74.5 Å². The van der Waals surface area contributed by atoms with Gasteiger partial charge in [-0.1, -0.05) is 35.9 Å². The summed E-state index contributed by atoms with van der Waals surface area (Å²) in [6.45, 7) is 1.96. The molecule has 0 saturated carbocycles. The largest absolute Gasteiger partial charge is 0.490 e. The first-order chi connectivity index (χ1) is 18.2. The van der Waals surface area contributed by atoms with Gasteiger partial charge in [0.2, 0.25) is 0 Å². The Bertz CT molecular complexity index is 1410. The Balaban J connectivity index is 1.37. The van der Waals surface area contributed by atoms with Crippen LogP contribution in [0.2, 0.25) is 5.02 Å². The number of hydrogen-bond acceptors (Lipinski definition) is 6. The summed E-state index contributed by atoms with van der Waals surface area (Å²) in [5.74, 6) is 0.224. The van der Waals surface area contributed by atoms with Crippen LogP contribution in [-0.4, -0.2) is 41.7 Å². The van der Waals surface area contributed by atoms with Crippen LogP contribution in [0.3, 0.4) is 0 Å². The molecule has 0 atom stereocenters. The number of aryl methyl sites for hydroxylation is 1. The zero-order valence-corrected chi connectivity index (χ0v) is 24.7. The molecule has 0 spiro atoms. The molecule has 3 aromatic carbocycles. The Labute approximate surface area is 245 Å². The molecule has 3 amide bonds. The Morgan fingerprint density at radius 1 is 1.05 bits per heavy atom. The SMILES string of the molecule is Cc1cccc(NC(=O)COc2c(Br)cc(/C=C3\SC(=O)N(CCOc4ccccc4Cl)C3=O)cc2Br)c1. The number of amides is 3. The van der Waals surface area contributed by atoms with Gasteiger partial charge in [-0.15, -0.1) is 0 Å². The first-order valence-electron chi connectivity index (χ1n) is 11.3. The monoisotopic (exact) mass is 678 g/mol. The third kappa shape index (κ3) is 7.19. The second-order valence-electron chi connectivity index (χ2n) is 8.13. The molecule has 0 aliphatic carbocycles. The number of para-hydroxylation sites is 1. The molecule has 1 heterocycles. The van der Waals surface area contributed by atoms with Crippen LogP contribution in [0, 0.1) is 6.92 Å². The Kier molecular flexibility index (Phi) is 9.54. The summed E-state index contributed by atoms with van der Waals surface area (Å²) in [6.07, 6.45) is 1.63. The van der Waals surface area contributed by atoms with Crippen LogP contribution in [0.1, 0.15) is 11.1 Å². The van der Waals surface area contributed by atoms with Crippen molar-refractivity contribution in [3.05, 3.63) is 90.7 Å². The van der Waals surface area contributed by atoms with Crippen molar-refractivity contribution in [1.29, 1.82) is 0 Å². The average molecular weight is 681 g/mol. The summed E-state index contributed by atoms with van der Waals surface area (Å²) in [5, 5.41) is 2.88. The Morgan fingerprint density at radius 3 is 2.50 bits per heavy atom.